The highest BCUT2D eigenvalue weighted by atomic mass is 35.5. The molecule has 1 unspecified atom stereocenters. The van der Waals surface area contributed by atoms with Crippen molar-refractivity contribution in [3.63, 3.8) is 0 Å². The highest BCUT2D eigenvalue weighted by molar-refractivity contribution is 7.07. The number of aromatic nitrogens is 3. The normalized spacial score (nSPS) is 12.9. The first-order valence-electron chi connectivity index (χ1n) is 6.18. The second-order valence-corrected chi connectivity index (χ2v) is 5.61. The van der Waals surface area contributed by atoms with Gasteiger partial charge in [-0.1, -0.05) is 0 Å². The van der Waals surface area contributed by atoms with E-state index in [9.17, 15) is 0 Å². The van der Waals surface area contributed by atoms with Crippen molar-refractivity contribution < 1.29 is 0 Å². The van der Waals surface area contributed by atoms with Gasteiger partial charge in [-0.3, -0.25) is 0 Å². The van der Waals surface area contributed by atoms with Crippen molar-refractivity contribution in [3.05, 3.63) is 46.5 Å². The molecule has 0 aliphatic carbocycles. The number of thiophene rings is 1. The van der Waals surface area contributed by atoms with Crippen LogP contribution in [0, 0.1) is 0 Å². The molecule has 0 saturated heterocycles. The van der Waals surface area contributed by atoms with Gasteiger partial charge in [0.1, 0.15) is 11.3 Å². The average molecular weight is 292 g/mol. The lowest BCUT2D eigenvalue weighted by Crippen LogP contribution is -2.11. The van der Waals surface area contributed by atoms with Crippen LogP contribution in [0.5, 0.6) is 0 Å². The summed E-state index contributed by atoms with van der Waals surface area (Å²) in [6, 6.07) is 6.34. The van der Waals surface area contributed by atoms with Gasteiger partial charge in [0.15, 0.2) is 5.65 Å². The van der Waals surface area contributed by atoms with Crippen LogP contribution in [0.1, 0.15) is 24.4 Å². The smallest absolute Gasteiger partial charge is 0.160 e. The first-order valence-corrected chi connectivity index (χ1v) is 7.66. The van der Waals surface area contributed by atoms with Gasteiger partial charge >= 0.3 is 0 Å². The molecule has 0 N–H and O–H groups in total. The quantitative estimate of drug-likeness (QED) is 0.679. The van der Waals surface area contributed by atoms with Crippen molar-refractivity contribution in [3.8, 4) is 0 Å². The zero-order valence-electron chi connectivity index (χ0n) is 10.6. The van der Waals surface area contributed by atoms with Crippen LogP contribution < -0.4 is 0 Å². The van der Waals surface area contributed by atoms with Crippen molar-refractivity contribution >= 4 is 34.1 Å². The van der Waals surface area contributed by atoms with E-state index in [2.05, 4.69) is 38.3 Å². The maximum atomic E-state index is 6.02. The molecule has 19 heavy (non-hydrogen) atoms. The molecule has 3 aromatic rings. The Morgan fingerprint density at radius 1 is 1.42 bits per heavy atom. The Hall–Kier alpha value is -1.39. The zero-order chi connectivity index (χ0) is 13.2. The summed E-state index contributed by atoms with van der Waals surface area (Å²) in [5, 5.41) is 4.29. The summed E-state index contributed by atoms with van der Waals surface area (Å²) in [6.45, 7) is 2.18. The van der Waals surface area contributed by atoms with Crippen LogP contribution in [0.2, 0.25) is 0 Å². The maximum absolute atomic E-state index is 6.02. The van der Waals surface area contributed by atoms with E-state index in [0.29, 0.717) is 11.9 Å². The third kappa shape index (κ3) is 2.38. The molecule has 0 radical (unpaired) electrons. The highest BCUT2D eigenvalue weighted by Gasteiger charge is 2.16. The Bertz CT molecular complexity index is 675. The molecule has 98 valence electrons. The van der Waals surface area contributed by atoms with Gasteiger partial charge in [0, 0.05) is 12.2 Å². The first-order chi connectivity index (χ1) is 9.29. The van der Waals surface area contributed by atoms with Crippen molar-refractivity contribution in [2.45, 2.75) is 25.3 Å². The van der Waals surface area contributed by atoms with Crippen molar-refractivity contribution in [1.29, 1.82) is 0 Å². The molecule has 3 nitrogen and oxygen atoms in total. The van der Waals surface area contributed by atoms with Crippen LogP contribution in [-0.2, 0) is 12.3 Å². The number of pyridine rings is 1. The number of nitrogens with zero attached hydrogens (tertiary/aromatic N) is 3. The Morgan fingerprint density at radius 3 is 3.05 bits per heavy atom. The Morgan fingerprint density at radius 2 is 2.32 bits per heavy atom. The van der Waals surface area contributed by atoms with Crippen LogP contribution in [0.4, 0.5) is 0 Å². The zero-order valence-corrected chi connectivity index (χ0v) is 12.2. The van der Waals surface area contributed by atoms with Gasteiger partial charge in [-0.25, -0.2) is 9.97 Å². The van der Waals surface area contributed by atoms with E-state index in [4.69, 9.17) is 11.6 Å². The fourth-order valence-corrected chi connectivity index (χ4v) is 3.25. The third-order valence-electron chi connectivity index (χ3n) is 3.19. The summed E-state index contributed by atoms with van der Waals surface area (Å²) in [7, 11) is 0. The lowest BCUT2D eigenvalue weighted by molar-refractivity contribution is 0.541. The lowest BCUT2D eigenvalue weighted by Gasteiger charge is -2.15. The van der Waals surface area contributed by atoms with E-state index in [-0.39, 0.29) is 0 Å². The van der Waals surface area contributed by atoms with Crippen LogP contribution in [0.3, 0.4) is 0 Å². The topological polar surface area (TPSA) is 30.7 Å². The highest BCUT2D eigenvalue weighted by Crippen LogP contribution is 2.24. The molecular formula is C14H14ClN3S. The van der Waals surface area contributed by atoms with Gasteiger partial charge in [0.2, 0.25) is 0 Å². The summed E-state index contributed by atoms with van der Waals surface area (Å²) in [6.07, 6.45) is 2.77. The van der Waals surface area contributed by atoms with Gasteiger partial charge in [-0.15, -0.1) is 11.6 Å². The lowest BCUT2D eigenvalue weighted by atomic mass is 10.1. The largest absolute Gasteiger partial charge is 0.309 e. The summed E-state index contributed by atoms with van der Waals surface area (Å²) in [5.74, 6) is 1.29. The van der Waals surface area contributed by atoms with E-state index in [1.807, 2.05) is 12.1 Å². The molecule has 5 heteroatoms. The summed E-state index contributed by atoms with van der Waals surface area (Å²) in [5.41, 5.74) is 3.17. The van der Waals surface area contributed by atoms with Gasteiger partial charge in [0.05, 0.1) is 5.88 Å². The monoisotopic (exact) mass is 291 g/mol. The predicted octanol–water partition coefficient (Wildman–Crippen LogP) is 4.04. The number of alkyl halides is 1. The van der Waals surface area contributed by atoms with Crippen molar-refractivity contribution in [1.82, 2.24) is 14.5 Å². The molecule has 0 spiro atoms. The van der Waals surface area contributed by atoms with E-state index in [0.717, 1.165) is 23.4 Å². The van der Waals surface area contributed by atoms with E-state index < -0.39 is 0 Å². The molecule has 3 rings (SSSR count). The van der Waals surface area contributed by atoms with Gasteiger partial charge < -0.3 is 4.57 Å². The first kappa shape index (κ1) is 12.6. The summed E-state index contributed by atoms with van der Waals surface area (Å²) >= 11 is 7.75. The van der Waals surface area contributed by atoms with Crippen LogP contribution in [0.15, 0.2) is 35.2 Å². The molecule has 1 atom stereocenters. The summed E-state index contributed by atoms with van der Waals surface area (Å²) in [4.78, 5) is 9.00. The van der Waals surface area contributed by atoms with Crippen molar-refractivity contribution in [2.75, 3.05) is 0 Å². The molecule has 0 saturated carbocycles. The van der Waals surface area contributed by atoms with Gasteiger partial charge in [0.25, 0.3) is 0 Å². The molecular weight excluding hydrogens is 278 g/mol. The van der Waals surface area contributed by atoms with Crippen molar-refractivity contribution in [2.24, 2.45) is 0 Å². The number of hydrogen-bond donors (Lipinski definition) is 0. The standard InChI is InChI=1S/C14H14ClN3S/c1-10(7-11-4-6-19-9-11)18-13(8-15)17-12-3-2-5-16-14(12)18/h2-6,9-10H,7-8H2,1H3. The second-order valence-electron chi connectivity index (χ2n) is 4.56. The number of fused-ring (bicyclic) bond motifs is 1. The van der Waals surface area contributed by atoms with Gasteiger partial charge in [-0.05, 0) is 47.9 Å². The van der Waals surface area contributed by atoms with Crippen LogP contribution in [-0.4, -0.2) is 14.5 Å². The third-order valence-corrected chi connectivity index (χ3v) is 4.16. The Balaban J connectivity index is 2.02. The number of hydrogen-bond acceptors (Lipinski definition) is 3. The van der Waals surface area contributed by atoms with Crippen LogP contribution >= 0.6 is 22.9 Å². The van der Waals surface area contributed by atoms with E-state index >= 15 is 0 Å². The molecule has 3 aromatic heterocycles. The Labute approximate surface area is 120 Å². The van der Waals surface area contributed by atoms with Crippen LogP contribution in [0.25, 0.3) is 11.2 Å². The predicted molar refractivity (Wildman–Crippen MR) is 79.8 cm³/mol. The Kier molecular flexibility index (Phi) is 3.53. The number of imidazole rings is 1. The molecule has 0 aliphatic heterocycles. The SMILES string of the molecule is CC(Cc1ccsc1)n1c(CCl)nc2cccnc21. The molecule has 0 aromatic carbocycles. The minimum atomic E-state index is 0.295. The number of halogens is 1. The maximum Gasteiger partial charge on any atom is 0.160 e. The number of rotatable bonds is 4. The minimum Gasteiger partial charge on any atom is -0.309 e. The second kappa shape index (κ2) is 5.31. The fraction of sp³-hybridized carbons (Fsp3) is 0.286. The molecule has 0 amide bonds. The molecule has 0 fully saturated rings. The van der Waals surface area contributed by atoms with E-state index in [1.54, 1.807) is 17.5 Å². The average Bonchev–Trinajstić information content (AvgIpc) is 3.04. The minimum absolute atomic E-state index is 0.295. The molecule has 0 aliphatic rings. The van der Waals surface area contributed by atoms with E-state index in [1.165, 1.54) is 5.56 Å². The summed E-state index contributed by atoms with van der Waals surface area (Å²) < 4.78 is 2.15. The fourth-order valence-electron chi connectivity index (χ4n) is 2.38. The molecule has 3 heterocycles. The molecule has 0 bridgehead atoms. The van der Waals surface area contributed by atoms with Gasteiger partial charge in [-0.2, -0.15) is 11.3 Å².